The summed E-state index contributed by atoms with van der Waals surface area (Å²) in [6.07, 6.45) is 10.1. The standard InChI is InChI=1S/C28H29N5O2S/c1-30-15-17(14-29)4-2-3-5-25(34)22-16-31-23-10-8-19(12-21(22)23)20-9-11-24-26(13-20)36-28(32-24)33-27(35)18-6-7-18/h8-16,18,31H,2-7,29H2,1H3,(H,32,33,35). The third-order valence-corrected chi connectivity index (χ3v) is 7.44. The van der Waals surface area contributed by atoms with E-state index < -0.39 is 0 Å². The molecule has 2 aromatic carbocycles. The van der Waals surface area contributed by atoms with Gasteiger partial charge in [0.25, 0.3) is 0 Å². The molecular weight excluding hydrogens is 470 g/mol. The molecular formula is C28H29N5O2S. The van der Waals surface area contributed by atoms with Crippen molar-refractivity contribution in [1.29, 1.82) is 0 Å². The van der Waals surface area contributed by atoms with E-state index in [2.05, 4.69) is 38.5 Å². The highest BCUT2D eigenvalue weighted by Gasteiger charge is 2.30. The van der Waals surface area contributed by atoms with Gasteiger partial charge in [0, 0.05) is 48.3 Å². The molecule has 184 valence electrons. The highest BCUT2D eigenvalue weighted by atomic mass is 32.1. The molecule has 0 bridgehead atoms. The van der Waals surface area contributed by atoms with Gasteiger partial charge in [-0.1, -0.05) is 23.5 Å². The number of aliphatic imine (C=N–C) groups is 1. The van der Waals surface area contributed by atoms with E-state index in [1.807, 2.05) is 24.4 Å². The van der Waals surface area contributed by atoms with E-state index in [4.69, 9.17) is 5.73 Å². The van der Waals surface area contributed by atoms with Gasteiger partial charge in [-0.25, -0.2) is 4.98 Å². The average Bonchev–Trinajstić information content (AvgIpc) is 3.54. The van der Waals surface area contributed by atoms with Crippen molar-refractivity contribution < 1.29 is 9.59 Å². The molecule has 8 heteroatoms. The van der Waals surface area contributed by atoms with E-state index in [1.54, 1.807) is 19.5 Å². The van der Waals surface area contributed by atoms with Crippen LogP contribution in [-0.2, 0) is 4.79 Å². The summed E-state index contributed by atoms with van der Waals surface area (Å²) in [5, 5.41) is 4.51. The fraction of sp³-hybridized carbons (Fsp3) is 0.286. The topological polar surface area (TPSA) is 113 Å². The minimum absolute atomic E-state index is 0.0653. The molecule has 1 amide bonds. The quantitative estimate of drug-likeness (QED) is 0.139. The lowest BCUT2D eigenvalue weighted by Crippen LogP contribution is -2.12. The number of aromatic amines is 1. The molecule has 1 aliphatic rings. The number of nitrogens with one attached hydrogen (secondary N) is 2. The SMILES string of the molecule is CN=CC(=CN)CCCCC(=O)c1c[nH]c2ccc(-c3ccc4nc(NC(=O)C5CC5)sc4c3)cc12. The van der Waals surface area contributed by atoms with Crippen LogP contribution in [0.4, 0.5) is 5.13 Å². The largest absolute Gasteiger partial charge is 0.404 e. The molecule has 2 heterocycles. The van der Waals surface area contributed by atoms with Crippen LogP contribution in [0.15, 0.2) is 59.4 Å². The number of rotatable bonds is 10. The zero-order valence-corrected chi connectivity index (χ0v) is 21.0. The Balaban J connectivity index is 1.31. The molecule has 5 rings (SSSR count). The molecule has 1 fully saturated rings. The van der Waals surface area contributed by atoms with Crippen molar-refractivity contribution in [2.75, 3.05) is 12.4 Å². The summed E-state index contributed by atoms with van der Waals surface area (Å²) in [6, 6.07) is 12.3. The van der Waals surface area contributed by atoms with Crippen molar-refractivity contribution in [3.8, 4) is 11.1 Å². The van der Waals surface area contributed by atoms with E-state index in [0.717, 1.165) is 75.5 Å². The summed E-state index contributed by atoms with van der Waals surface area (Å²) in [7, 11) is 1.72. The van der Waals surface area contributed by atoms with Gasteiger partial charge >= 0.3 is 0 Å². The lowest BCUT2D eigenvalue weighted by atomic mass is 9.99. The number of nitrogens with two attached hydrogens (primary N) is 1. The first-order valence-corrected chi connectivity index (χ1v) is 13.1. The van der Waals surface area contributed by atoms with E-state index in [1.165, 1.54) is 11.3 Å². The second kappa shape index (κ2) is 10.5. The smallest absolute Gasteiger partial charge is 0.229 e. The van der Waals surface area contributed by atoms with Crippen molar-refractivity contribution in [3.63, 3.8) is 0 Å². The monoisotopic (exact) mass is 499 g/mol. The van der Waals surface area contributed by atoms with Gasteiger partial charge in [0.1, 0.15) is 0 Å². The number of anilines is 1. The molecule has 4 aromatic rings. The number of fused-ring (bicyclic) bond motifs is 2. The molecule has 0 saturated heterocycles. The van der Waals surface area contributed by atoms with E-state index >= 15 is 0 Å². The Bertz CT molecular complexity index is 1490. The third-order valence-electron chi connectivity index (χ3n) is 6.51. The number of hydrogen-bond acceptors (Lipinski definition) is 6. The van der Waals surface area contributed by atoms with Gasteiger partial charge in [-0.05, 0) is 79.3 Å². The van der Waals surface area contributed by atoms with E-state index in [9.17, 15) is 9.59 Å². The fourth-order valence-corrected chi connectivity index (χ4v) is 5.26. The first kappa shape index (κ1) is 23.9. The Kier molecular flexibility index (Phi) is 6.95. The number of thiazole rings is 1. The summed E-state index contributed by atoms with van der Waals surface area (Å²) >= 11 is 1.49. The first-order valence-electron chi connectivity index (χ1n) is 12.2. The average molecular weight is 500 g/mol. The second-order valence-electron chi connectivity index (χ2n) is 9.19. The molecule has 0 unspecified atom stereocenters. The van der Waals surface area contributed by atoms with Crippen LogP contribution in [0.25, 0.3) is 32.2 Å². The van der Waals surface area contributed by atoms with Gasteiger partial charge in [0.15, 0.2) is 10.9 Å². The zero-order chi connectivity index (χ0) is 25.1. The molecule has 0 atom stereocenters. The van der Waals surface area contributed by atoms with Crippen LogP contribution >= 0.6 is 11.3 Å². The van der Waals surface area contributed by atoms with Crippen molar-refractivity contribution in [2.45, 2.75) is 38.5 Å². The van der Waals surface area contributed by atoms with E-state index in [-0.39, 0.29) is 17.6 Å². The van der Waals surface area contributed by atoms with E-state index in [0.29, 0.717) is 11.6 Å². The molecule has 7 nitrogen and oxygen atoms in total. The van der Waals surface area contributed by atoms with Crippen LogP contribution in [0, 0.1) is 5.92 Å². The minimum atomic E-state index is 0.0653. The van der Waals surface area contributed by atoms with Crippen LogP contribution in [0.1, 0.15) is 48.9 Å². The Labute approximate surface area is 213 Å². The number of Topliss-reactive ketones (excluding diaryl/α,β-unsaturated/α-hetero) is 1. The van der Waals surface area contributed by atoms with Crippen LogP contribution < -0.4 is 11.1 Å². The molecule has 0 radical (unpaired) electrons. The van der Waals surface area contributed by atoms with Crippen molar-refractivity contribution in [3.05, 3.63) is 59.9 Å². The number of unbranched alkanes of at least 4 members (excludes halogenated alkanes) is 1. The number of hydrogen-bond donors (Lipinski definition) is 3. The first-order chi connectivity index (χ1) is 17.6. The number of benzene rings is 2. The number of carbonyl (C=O) groups is 2. The third kappa shape index (κ3) is 5.23. The molecule has 1 aliphatic carbocycles. The number of allylic oxidation sites excluding steroid dienone is 1. The lowest BCUT2D eigenvalue weighted by molar-refractivity contribution is -0.117. The number of ketones is 1. The maximum absolute atomic E-state index is 13.0. The van der Waals surface area contributed by atoms with Crippen molar-refractivity contribution >= 4 is 55.5 Å². The molecule has 4 N–H and O–H groups in total. The van der Waals surface area contributed by atoms with Crippen LogP contribution in [0.3, 0.4) is 0 Å². The van der Waals surface area contributed by atoms with Crippen LogP contribution in [-0.4, -0.2) is 34.9 Å². The summed E-state index contributed by atoms with van der Waals surface area (Å²) in [6.45, 7) is 0. The summed E-state index contributed by atoms with van der Waals surface area (Å²) < 4.78 is 1.02. The van der Waals surface area contributed by atoms with Gasteiger partial charge < -0.3 is 16.0 Å². The lowest BCUT2D eigenvalue weighted by Gasteiger charge is -2.05. The fourth-order valence-electron chi connectivity index (χ4n) is 4.35. The Morgan fingerprint density at radius 1 is 1.17 bits per heavy atom. The number of aromatic nitrogens is 2. The highest BCUT2D eigenvalue weighted by Crippen LogP contribution is 2.34. The summed E-state index contributed by atoms with van der Waals surface area (Å²) in [5.41, 5.74) is 11.2. The van der Waals surface area contributed by atoms with Gasteiger partial charge in [-0.3, -0.25) is 14.6 Å². The molecule has 0 aliphatic heterocycles. The normalized spacial score (nSPS) is 14.2. The Morgan fingerprint density at radius 3 is 2.72 bits per heavy atom. The van der Waals surface area contributed by atoms with Gasteiger partial charge in [0.05, 0.1) is 10.2 Å². The molecule has 0 spiro atoms. The number of H-pyrrole nitrogens is 1. The maximum atomic E-state index is 13.0. The maximum Gasteiger partial charge on any atom is 0.229 e. The Hall–Kier alpha value is -3.78. The zero-order valence-electron chi connectivity index (χ0n) is 20.2. The summed E-state index contributed by atoms with van der Waals surface area (Å²) in [4.78, 5) is 36.9. The highest BCUT2D eigenvalue weighted by molar-refractivity contribution is 7.22. The number of amides is 1. The van der Waals surface area contributed by atoms with Gasteiger partial charge in [-0.2, -0.15) is 0 Å². The van der Waals surface area contributed by atoms with Gasteiger partial charge in [-0.15, -0.1) is 0 Å². The molecule has 2 aromatic heterocycles. The van der Waals surface area contributed by atoms with Crippen molar-refractivity contribution in [2.24, 2.45) is 16.6 Å². The number of carbonyl (C=O) groups excluding carboxylic acids is 2. The molecule has 1 saturated carbocycles. The predicted molar refractivity (Wildman–Crippen MR) is 148 cm³/mol. The Morgan fingerprint density at radius 2 is 1.94 bits per heavy atom. The van der Waals surface area contributed by atoms with Crippen molar-refractivity contribution in [1.82, 2.24) is 9.97 Å². The summed E-state index contributed by atoms with van der Waals surface area (Å²) in [5.74, 6) is 0.346. The second-order valence-corrected chi connectivity index (χ2v) is 10.2. The number of nitrogens with zero attached hydrogens (tertiary/aromatic N) is 2. The molecule has 36 heavy (non-hydrogen) atoms. The minimum Gasteiger partial charge on any atom is -0.404 e. The van der Waals surface area contributed by atoms with Crippen LogP contribution in [0.2, 0.25) is 0 Å². The van der Waals surface area contributed by atoms with Gasteiger partial charge in [0.2, 0.25) is 5.91 Å². The predicted octanol–water partition coefficient (Wildman–Crippen LogP) is 6.08. The van der Waals surface area contributed by atoms with Crippen LogP contribution in [0.5, 0.6) is 0 Å².